The second-order valence-electron chi connectivity index (χ2n) is 4.71. The number of para-hydroxylation sites is 1. The summed E-state index contributed by atoms with van der Waals surface area (Å²) in [5.41, 5.74) is 8.50. The first-order valence-electron chi connectivity index (χ1n) is 7.08. The summed E-state index contributed by atoms with van der Waals surface area (Å²) in [7, 11) is 1.30. The number of carbonyl (C=O) groups excluding carboxylic acids is 1. The molecule has 0 unspecified atom stereocenters. The zero-order valence-electron chi connectivity index (χ0n) is 13.3. The number of esters is 1. The maximum absolute atomic E-state index is 11.7. The van der Waals surface area contributed by atoms with Gasteiger partial charge in [0.2, 0.25) is 5.71 Å². The number of hydrogen-bond acceptors (Lipinski definition) is 7. The third kappa shape index (κ3) is 4.56. The van der Waals surface area contributed by atoms with E-state index in [9.17, 15) is 4.79 Å². The van der Waals surface area contributed by atoms with Crippen LogP contribution in [-0.2, 0) is 4.74 Å². The van der Waals surface area contributed by atoms with Gasteiger partial charge < -0.3 is 15.2 Å². The summed E-state index contributed by atoms with van der Waals surface area (Å²) in [4.78, 5) is 11.7. The summed E-state index contributed by atoms with van der Waals surface area (Å²) in [6.45, 7) is 0. The highest BCUT2D eigenvalue weighted by molar-refractivity contribution is 6.45. The van der Waals surface area contributed by atoms with Crippen LogP contribution in [0.25, 0.3) is 0 Å². The fraction of sp³-hybridized carbons (Fsp3) is 0.0588. The number of hydrogen-bond donors (Lipinski definition) is 3. The van der Waals surface area contributed by atoms with Crippen molar-refractivity contribution in [3.05, 3.63) is 54.1 Å². The number of benzene rings is 2. The predicted octanol–water partition coefficient (Wildman–Crippen LogP) is 2.49. The summed E-state index contributed by atoms with van der Waals surface area (Å²) >= 11 is 0. The number of amidine groups is 1. The maximum Gasteiger partial charge on any atom is 0.341 e. The van der Waals surface area contributed by atoms with E-state index < -0.39 is 11.8 Å². The molecule has 2 aromatic carbocycles. The molecule has 2 rings (SSSR count). The topological polar surface area (TPSA) is 134 Å². The summed E-state index contributed by atoms with van der Waals surface area (Å²) in [5, 5.41) is 19.7. The molecule has 8 nitrogen and oxygen atoms in total. The second-order valence-corrected chi connectivity index (χ2v) is 4.71. The molecule has 0 atom stereocenters. The molecule has 0 amide bonds. The number of ether oxygens (including phenoxy) is 2. The first-order valence-corrected chi connectivity index (χ1v) is 7.08. The van der Waals surface area contributed by atoms with Crippen LogP contribution in [0, 0.1) is 16.7 Å². The van der Waals surface area contributed by atoms with Crippen molar-refractivity contribution in [3.63, 3.8) is 0 Å². The Balaban J connectivity index is 2.13. The van der Waals surface area contributed by atoms with Crippen LogP contribution in [0.5, 0.6) is 11.5 Å². The maximum atomic E-state index is 11.7. The van der Waals surface area contributed by atoms with Crippen LogP contribution in [0.1, 0.15) is 10.4 Å². The Morgan fingerprint density at radius 1 is 1.24 bits per heavy atom. The molecule has 4 N–H and O–H groups in total. The highest BCUT2D eigenvalue weighted by Gasteiger charge is 2.12. The van der Waals surface area contributed by atoms with Crippen molar-refractivity contribution in [2.24, 2.45) is 10.8 Å². The molecule has 0 aliphatic heterocycles. The van der Waals surface area contributed by atoms with Crippen molar-refractivity contribution >= 4 is 23.2 Å². The van der Waals surface area contributed by atoms with Crippen molar-refractivity contribution in [2.75, 3.05) is 12.5 Å². The zero-order chi connectivity index (χ0) is 18.2. The van der Waals surface area contributed by atoms with Crippen LogP contribution in [0.2, 0.25) is 0 Å². The first-order chi connectivity index (χ1) is 12.0. The smallest absolute Gasteiger partial charge is 0.341 e. The van der Waals surface area contributed by atoms with E-state index in [-0.39, 0.29) is 5.71 Å². The van der Waals surface area contributed by atoms with Gasteiger partial charge in [-0.3, -0.25) is 10.8 Å². The second kappa shape index (κ2) is 8.12. The summed E-state index contributed by atoms with van der Waals surface area (Å²) < 4.78 is 10.4. The Morgan fingerprint density at radius 2 is 1.92 bits per heavy atom. The predicted molar refractivity (Wildman–Crippen MR) is 92.9 cm³/mol. The molecule has 0 spiro atoms. The van der Waals surface area contributed by atoms with Gasteiger partial charge in [0.15, 0.2) is 5.84 Å². The lowest BCUT2D eigenvalue weighted by atomic mass is 10.2. The standard InChI is InChI=1S/C17H15N5O3/c1-24-17(23)13-4-2-3-5-15(13)25-12-8-6-11(7-9-12)21-22-14(10-18)16(19)20/h2-9,21H,1H3,(H3,19,20)/b22-14+. The Labute approximate surface area is 144 Å². The molecule has 0 bridgehead atoms. The average molecular weight is 337 g/mol. The first kappa shape index (κ1) is 17.5. The molecule has 0 aliphatic carbocycles. The molecule has 8 heteroatoms. The number of methoxy groups -OCH3 is 1. The molecule has 25 heavy (non-hydrogen) atoms. The lowest BCUT2D eigenvalue weighted by molar-refractivity contribution is 0.0598. The van der Waals surface area contributed by atoms with Gasteiger partial charge in [0.25, 0.3) is 0 Å². The van der Waals surface area contributed by atoms with E-state index in [0.29, 0.717) is 22.7 Å². The van der Waals surface area contributed by atoms with E-state index in [1.807, 2.05) is 0 Å². The molecule has 0 saturated carbocycles. The van der Waals surface area contributed by atoms with Crippen molar-refractivity contribution in [1.29, 1.82) is 10.7 Å². The number of rotatable bonds is 6. The van der Waals surface area contributed by atoms with Crippen LogP contribution in [0.3, 0.4) is 0 Å². The number of nitrogens with zero attached hydrogens (tertiary/aromatic N) is 2. The Hall–Kier alpha value is -3.86. The summed E-state index contributed by atoms with van der Waals surface area (Å²) in [6.07, 6.45) is 0. The van der Waals surface area contributed by atoms with E-state index >= 15 is 0 Å². The summed E-state index contributed by atoms with van der Waals surface area (Å²) in [5.74, 6) is -0.0414. The van der Waals surface area contributed by atoms with Gasteiger partial charge in [-0.15, -0.1) is 0 Å². The average Bonchev–Trinajstić information content (AvgIpc) is 2.63. The van der Waals surface area contributed by atoms with Crippen molar-refractivity contribution in [1.82, 2.24) is 0 Å². The molecule has 0 fully saturated rings. The van der Waals surface area contributed by atoms with Gasteiger partial charge in [0, 0.05) is 0 Å². The monoisotopic (exact) mass is 337 g/mol. The van der Waals surface area contributed by atoms with Crippen molar-refractivity contribution < 1.29 is 14.3 Å². The number of carbonyl (C=O) groups is 1. The molecule has 0 aliphatic rings. The van der Waals surface area contributed by atoms with E-state index in [2.05, 4.69) is 10.5 Å². The SMILES string of the molecule is COC(=O)c1ccccc1Oc1ccc(N/N=C(\C#N)C(=N)N)cc1. The van der Waals surface area contributed by atoms with Gasteiger partial charge >= 0.3 is 5.97 Å². The largest absolute Gasteiger partial charge is 0.465 e. The summed E-state index contributed by atoms with van der Waals surface area (Å²) in [6, 6.07) is 15.1. The molecule has 2 aromatic rings. The zero-order valence-corrected chi connectivity index (χ0v) is 13.3. The third-order valence-corrected chi connectivity index (χ3v) is 3.03. The van der Waals surface area contributed by atoms with Gasteiger partial charge in [-0.1, -0.05) is 12.1 Å². The Morgan fingerprint density at radius 3 is 2.52 bits per heavy atom. The quantitative estimate of drug-likeness (QED) is 0.321. The van der Waals surface area contributed by atoms with Crippen LogP contribution >= 0.6 is 0 Å². The van der Waals surface area contributed by atoms with Crippen LogP contribution < -0.4 is 15.9 Å². The fourth-order valence-corrected chi connectivity index (χ4v) is 1.82. The van der Waals surface area contributed by atoms with Gasteiger partial charge in [-0.2, -0.15) is 10.4 Å². The fourth-order valence-electron chi connectivity index (χ4n) is 1.82. The minimum atomic E-state index is -0.489. The molecule has 0 radical (unpaired) electrons. The molecule has 0 heterocycles. The Bertz CT molecular complexity index is 853. The lowest BCUT2D eigenvalue weighted by Gasteiger charge is -2.10. The highest BCUT2D eigenvalue weighted by atomic mass is 16.5. The molecular weight excluding hydrogens is 322 g/mol. The van der Waals surface area contributed by atoms with Crippen LogP contribution in [-0.4, -0.2) is 24.6 Å². The number of nitrogens with one attached hydrogen (secondary N) is 2. The van der Waals surface area contributed by atoms with Gasteiger partial charge in [0.05, 0.1) is 12.8 Å². The number of nitriles is 1. The van der Waals surface area contributed by atoms with E-state index in [1.165, 1.54) is 7.11 Å². The molecule has 0 saturated heterocycles. The minimum absolute atomic E-state index is 0.215. The van der Waals surface area contributed by atoms with Crippen molar-refractivity contribution in [2.45, 2.75) is 0 Å². The number of anilines is 1. The molecule has 126 valence electrons. The van der Waals surface area contributed by atoms with E-state index in [1.54, 1.807) is 54.6 Å². The van der Waals surface area contributed by atoms with E-state index in [4.69, 9.17) is 25.9 Å². The lowest BCUT2D eigenvalue weighted by Crippen LogP contribution is -2.21. The van der Waals surface area contributed by atoms with Gasteiger partial charge in [-0.25, -0.2) is 4.79 Å². The van der Waals surface area contributed by atoms with Crippen LogP contribution in [0.15, 0.2) is 53.6 Å². The van der Waals surface area contributed by atoms with Gasteiger partial charge in [-0.05, 0) is 36.4 Å². The van der Waals surface area contributed by atoms with Crippen molar-refractivity contribution in [3.8, 4) is 17.6 Å². The van der Waals surface area contributed by atoms with E-state index in [0.717, 1.165) is 0 Å². The molecular formula is C17H15N5O3. The third-order valence-electron chi connectivity index (χ3n) is 3.03. The van der Waals surface area contributed by atoms with Gasteiger partial charge in [0.1, 0.15) is 23.1 Å². The number of nitrogens with two attached hydrogens (primary N) is 1. The normalized spacial score (nSPS) is 10.5. The Kier molecular flexibility index (Phi) is 5.68. The highest BCUT2D eigenvalue weighted by Crippen LogP contribution is 2.26. The number of hydrazone groups is 1. The minimum Gasteiger partial charge on any atom is -0.465 e. The molecule has 0 aromatic heterocycles. The van der Waals surface area contributed by atoms with Crippen LogP contribution in [0.4, 0.5) is 5.69 Å².